The standard InChI is InChI=1S/C17H14Cl2N4O3S3/c18-12-3-1-11(2-4-12)15(24)21-16-22-23-17(28-16)29(25,26)20-9-10-27-14-7-5-13(19)6-8-14/h1-8,20H,9-10H2,(H,21,22,24). The van der Waals surface area contributed by atoms with E-state index in [0.717, 1.165) is 16.2 Å². The van der Waals surface area contributed by atoms with Gasteiger partial charge in [0.1, 0.15) is 0 Å². The molecule has 0 atom stereocenters. The lowest BCUT2D eigenvalue weighted by molar-refractivity contribution is 0.102. The molecule has 29 heavy (non-hydrogen) atoms. The van der Waals surface area contributed by atoms with Crippen LogP contribution in [-0.4, -0.2) is 36.8 Å². The molecule has 152 valence electrons. The first kappa shape index (κ1) is 22.0. The number of rotatable bonds is 8. The average molecular weight is 489 g/mol. The molecule has 0 radical (unpaired) electrons. The lowest BCUT2D eigenvalue weighted by Crippen LogP contribution is -2.25. The summed E-state index contributed by atoms with van der Waals surface area (Å²) in [6.07, 6.45) is 0. The van der Waals surface area contributed by atoms with Crippen LogP contribution in [0.4, 0.5) is 5.13 Å². The van der Waals surface area contributed by atoms with E-state index < -0.39 is 15.9 Å². The molecular weight excluding hydrogens is 475 g/mol. The Morgan fingerprint density at radius 1 is 1.00 bits per heavy atom. The Kier molecular flexibility index (Phi) is 7.49. The van der Waals surface area contributed by atoms with Crippen molar-refractivity contribution >= 4 is 67.4 Å². The number of nitrogens with one attached hydrogen (secondary N) is 2. The molecule has 0 aliphatic rings. The monoisotopic (exact) mass is 488 g/mol. The zero-order valence-corrected chi connectivity index (χ0v) is 18.6. The molecule has 7 nitrogen and oxygen atoms in total. The van der Waals surface area contributed by atoms with Gasteiger partial charge in [-0.05, 0) is 48.5 Å². The molecule has 12 heteroatoms. The third kappa shape index (κ3) is 6.39. The second-order valence-corrected chi connectivity index (χ2v) is 10.5. The molecule has 0 saturated carbocycles. The molecule has 0 saturated heterocycles. The van der Waals surface area contributed by atoms with Crippen molar-refractivity contribution in [1.29, 1.82) is 0 Å². The largest absolute Gasteiger partial charge is 0.296 e. The van der Waals surface area contributed by atoms with Crippen molar-refractivity contribution in [1.82, 2.24) is 14.9 Å². The van der Waals surface area contributed by atoms with Gasteiger partial charge in [-0.3, -0.25) is 10.1 Å². The Morgan fingerprint density at radius 3 is 2.28 bits per heavy atom. The van der Waals surface area contributed by atoms with E-state index in [1.807, 2.05) is 12.1 Å². The fraction of sp³-hybridized carbons (Fsp3) is 0.118. The smallest absolute Gasteiger partial charge is 0.269 e. The average Bonchev–Trinajstić information content (AvgIpc) is 3.16. The number of carbonyl (C=O) groups is 1. The highest BCUT2D eigenvalue weighted by atomic mass is 35.5. The molecular formula is C17H14Cl2N4O3S3. The van der Waals surface area contributed by atoms with Crippen molar-refractivity contribution in [3.05, 3.63) is 64.1 Å². The number of anilines is 1. The molecule has 1 aromatic heterocycles. The summed E-state index contributed by atoms with van der Waals surface area (Å²) < 4.78 is 26.9. The molecule has 3 aromatic rings. The number of amides is 1. The molecule has 2 N–H and O–H groups in total. The van der Waals surface area contributed by atoms with E-state index in [-0.39, 0.29) is 16.0 Å². The SMILES string of the molecule is O=C(Nc1nnc(S(=O)(=O)NCCSc2ccc(Cl)cc2)s1)c1ccc(Cl)cc1. The summed E-state index contributed by atoms with van der Waals surface area (Å²) in [5, 5.41) is 11.1. The van der Waals surface area contributed by atoms with Crippen molar-refractivity contribution in [2.75, 3.05) is 17.6 Å². The topological polar surface area (TPSA) is 101 Å². The van der Waals surface area contributed by atoms with Crippen molar-refractivity contribution in [3.8, 4) is 0 Å². The minimum absolute atomic E-state index is 0.0841. The Morgan fingerprint density at radius 2 is 1.62 bits per heavy atom. The highest BCUT2D eigenvalue weighted by Gasteiger charge is 2.20. The summed E-state index contributed by atoms with van der Waals surface area (Å²) in [6, 6.07) is 13.5. The van der Waals surface area contributed by atoms with Gasteiger partial charge in [0.2, 0.25) is 9.47 Å². The van der Waals surface area contributed by atoms with Crippen LogP contribution < -0.4 is 10.0 Å². The molecule has 2 aromatic carbocycles. The van der Waals surface area contributed by atoms with E-state index in [1.54, 1.807) is 36.4 Å². The van der Waals surface area contributed by atoms with Gasteiger partial charge in [0.25, 0.3) is 15.9 Å². The maximum Gasteiger partial charge on any atom is 0.269 e. The Bertz CT molecular complexity index is 1090. The fourth-order valence-corrected chi connectivity index (χ4v) is 5.19. The third-order valence-corrected chi connectivity index (χ3v) is 7.62. The third-order valence-electron chi connectivity index (χ3n) is 3.44. The van der Waals surface area contributed by atoms with Crippen LogP contribution in [0.3, 0.4) is 0 Å². The zero-order valence-electron chi connectivity index (χ0n) is 14.6. The molecule has 0 spiro atoms. The summed E-state index contributed by atoms with van der Waals surface area (Å²) in [6.45, 7) is 0.210. The molecule has 0 fully saturated rings. The summed E-state index contributed by atoms with van der Waals surface area (Å²) in [4.78, 5) is 13.1. The minimum atomic E-state index is -3.81. The summed E-state index contributed by atoms with van der Waals surface area (Å²) >= 11 is 13.9. The molecule has 1 heterocycles. The van der Waals surface area contributed by atoms with E-state index >= 15 is 0 Å². The van der Waals surface area contributed by atoms with Gasteiger partial charge in [0.15, 0.2) is 0 Å². The van der Waals surface area contributed by atoms with Gasteiger partial charge in [0.05, 0.1) is 0 Å². The van der Waals surface area contributed by atoms with Crippen molar-refractivity contribution in [2.45, 2.75) is 9.24 Å². The normalized spacial score (nSPS) is 11.4. The van der Waals surface area contributed by atoms with Crippen molar-refractivity contribution < 1.29 is 13.2 Å². The Hall–Kier alpha value is -1.69. The first-order chi connectivity index (χ1) is 13.8. The highest BCUT2D eigenvalue weighted by Crippen LogP contribution is 2.22. The maximum absolute atomic E-state index is 12.3. The minimum Gasteiger partial charge on any atom is -0.296 e. The molecule has 0 unspecified atom stereocenters. The van der Waals surface area contributed by atoms with Crippen molar-refractivity contribution in [3.63, 3.8) is 0 Å². The number of hydrogen-bond acceptors (Lipinski definition) is 7. The quantitative estimate of drug-likeness (QED) is 0.280. The van der Waals surface area contributed by atoms with Gasteiger partial charge in [0, 0.05) is 32.8 Å². The maximum atomic E-state index is 12.3. The predicted molar refractivity (Wildman–Crippen MR) is 117 cm³/mol. The number of halogens is 2. The highest BCUT2D eigenvalue weighted by molar-refractivity contribution is 7.99. The van der Waals surface area contributed by atoms with Gasteiger partial charge in [-0.15, -0.1) is 22.0 Å². The Labute approximate surface area is 185 Å². The van der Waals surface area contributed by atoms with Crippen LogP contribution in [0.5, 0.6) is 0 Å². The van der Waals surface area contributed by atoms with Crippen molar-refractivity contribution in [2.24, 2.45) is 0 Å². The lowest BCUT2D eigenvalue weighted by atomic mass is 10.2. The molecule has 3 rings (SSSR count). The summed E-state index contributed by atoms with van der Waals surface area (Å²) in [5.74, 6) is 0.0916. The second-order valence-electron chi connectivity index (χ2n) is 5.53. The van der Waals surface area contributed by atoms with Crippen LogP contribution in [0.15, 0.2) is 57.8 Å². The second kappa shape index (κ2) is 9.88. The molecule has 1 amide bonds. The van der Waals surface area contributed by atoms with Crippen LogP contribution in [0.2, 0.25) is 10.0 Å². The number of aromatic nitrogens is 2. The van der Waals surface area contributed by atoms with Crippen LogP contribution in [0.25, 0.3) is 0 Å². The van der Waals surface area contributed by atoms with Gasteiger partial charge < -0.3 is 0 Å². The van der Waals surface area contributed by atoms with Gasteiger partial charge in [-0.1, -0.05) is 34.5 Å². The first-order valence-electron chi connectivity index (χ1n) is 8.12. The lowest BCUT2D eigenvalue weighted by Gasteiger charge is -2.04. The summed E-state index contributed by atoms with van der Waals surface area (Å²) in [5.41, 5.74) is 0.367. The van der Waals surface area contributed by atoms with Crippen LogP contribution in [-0.2, 0) is 10.0 Å². The zero-order chi connectivity index (χ0) is 20.9. The van der Waals surface area contributed by atoms with E-state index in [0.29, 0.717) is 21.4 Å². The fourth-order valence-electron chi connectivity index (χ4n) is 2.08. The van der Waals surface area contributed by atoms with Crippen LogP contribution in [0, 0.1) is 0 Å². The van der Waals surface area contributed by atoms with E-state index in [9.17, 15) is 13.2 Å². The Balaban J connectivity index is 1.53. The van der Waals surface area contributed by atoms with E-state index in [4.69, 9.17) is 23.2 Å². The van der Waals surface area contributed by atoms with Crippen LogP contribution in [0.1, 0.15) is 10.4 Å². The summed E-state index contributed by atoms with van der Waals surface area (Å²) in [7, 11) is -3.81. The number of nitrogens with zero attached hydrogens (tertiary/aromatic N) is 2. The van der Waals surface area contributed by atoms with Gasteiger partial charge in [-0.25, -0.2) is 13.1 Å². The first-order valence-corrected chi connectivity index (χ1v) is 12.2. The van der Waals surface area contributed by atoms with E-state index in [2.05, 4.69) is 20.2 Å². The predicted octanol–water partition coefficient (Wildman–Crippen LogP) is 4.17. The van der Waals surface area contributed by atoms with Gasteiger partial charge in [-0.2, -0.15) is 0 Å². The number of sulfonamides is 1. The van der Waals surface area contributed by atoms with Gasteiger partial charge >= 0.3 is 0 Å². The molecule has 0 aliphatic heterocycles. The molecule has 0 bridgehead atoms. The number of thioether (sulfide) groups is 1. The number of hydrogen-bond donors (Lipinski definition) is 2. The number of benzene rings is 2. The molecule has 0 aliphatic carbocycles. The van der Waals surface area contributed by atoms with E-state index in [1.165, 1.54) is 11.8 Å². The number of carbonyl (C=O) groups excluding carboxylic acids is 1. The van der Waals surface area contributed by atoms with Crippen LogP contribution >= 0.6 is 46.3 Å².